The highest BCUT2D eigenvalue weighted by Crippen LogP contribution is 2.32. The minimum Gasteiger partial charge on any atom is -0.483 e. The SMILES string of the molecule is O=C(COc1ccc2ccccc2c1Br)NN=Cc1ccccc1Cl. The molecule has 0 saturated heterocycles. The van der Waals surface area contributed by atoms with Crippen LogP contribution in [0, 0.1) is 0 Å². The number of fused-ring (bicyclic) bond motifs is 1. The monoisotopic (exact) mass is 416 g/mol. The topological polar surface area (TPSA) is 50.7 Å². The van der Waals surface area contributed by atoms with E-state index in [4.69, 9.17) is 16.3 Å². The molecule has 0 heterocycles. The second-order valence-corrected chi connectivity index (χ2v) is 6.40. The summed E-state index contributed by atoms with van der Waals surface area (Å²) < 4.78 is 6.39. The third kappa shape index (κ3) is 4.38. The molecule has 0 fully saturated rings. The number of hydrazone groups is 1. The summed E-state index contributed by atoms with van der Waals surface area (Å²) in [4.78, 5) is 11.9. The third-order valence-electron chi connectivity index (χ3n) is 3.48. The molecule has 0 aliphatic heterocycles. The van der Waals surface area contributed by atoms with E-state index in [1.54, 1.807) is 12.1 Å². The van der Waals surface area contributed by atoms with Gasteiger partial charge in [0.2, 0.25) is 0 Å². The fourth-order valence-corrected chi connectivity index (χ4v) is 3.05. The van der Waals surface area contributed by atoms with Crippen molar-refractivity contribution in [2.75, 3.05) is 6.61 Å². The number of hydrogen-bond acceptors (Lipinski definition) is 3. The third-order valence-corrected chi connectivity index (χ3v) is 4.65. The highest BCUT2D eigenvalue weighted by Gasteiger charge is 2.08. The number of ether oxygens (including phenoxy) is 1. The van der Waals surface area contributed by atoms with Gasteiger partial charge >= 0.3 is 0 Å². The van der Waals surface area contributed by atoms with E-state index in [2.05, 4.69) is 26.5 Å². The molecule has 3 rings (SSSR count). The van der Waals surface area contributed by atoms with Crippen molar-refractivity contribution in [2.45, 2.75) is 0 Å². The minimum atomic E-state index is -0.358. The molecule has 25 heavy (non-hydrogen) atoms. The summed E-state index contributed by atoms with van der Waals surface area (Å²) in [6.45, 7) is -0.142. The van der Waals surface area contributed by atoms with Crippen molar-refractivity contribution in [1.82, 2.24) is 5.43 Å². The predicted octanol–water partition coefficient (Wildman–Crippen LogP) is 4.78. The van der Waals surface area contributed by atoms with Crippen molar-refractivity contribution in [2.24, 2.45) is 5.10 Å². The molecule has 0 bridgehead atoms. The molecule has 0 saturated carbocycles. The van der Waals surface area contributed by atoms with Crippen LogP contribution in [0.5, 0.6) is 5.75 Å². The molecule has 1 amide bonds. The number of carbonyl (C=O) groups excluding carboxylic acids is 1. The second kappa shape index (κ2) is 8.14. The van der Waals surface area contributed by atoms with Crippen LogP contribution in [-0.4, -0.2) is 18.7 Å². The fraction of sp³-hybridized carbons (Fsp3) is 0.0526. The van der Waals surface area contributed by atoms with Crippen LogP contribution in [0.25, 0.3) is 10.8 Å². The summed E-state index contributed by atoms with van der Waals surface area (Å²) in [5.41, 5.74) is 3.14. The number of benzene rings is 3. The van der Waals surface area contributed by atoms with Crippen molar-refractivity contribution in [3.63, 3.8) is 0 Å². The predicted molar refractivity (Wildman–Crippen MR) is 104 cm³/mol. The highest BCUT2D eigenvalue weighted by atomic mass is 79.9. The first-order valence-corrected chi connectivity index (χ1v) is 8.69. The van der Waals surface area contributed by atoms with Crippen LogP contribution in [-0.2, 0) is 4.79 Å². The Morgan fingerprint density at radius 1 is 1.12 bits per heavy atom. The van der Waals surface area contributed by atoms with Gasteiger partial charge in [-0.3, -0.25) is 4.79 Å². The van der Waals surface area contributed by atoms with Crippen molar-refractivity contribution >= 4 is 50.4 Å². The zero-order valence-corrected chi connectivity index (χ0v) is 15.4. The summed E-state index contributed by atoms with van der Waals surface area (Å²) in [5, 5.41) is 6.57. The van der Waals surface area contributed by atoms with Gasteiger partial charge in [-0.2, -0.15) is 5.10 Å². The zero-order chi connectivity index (χ0) is 17.6. The molecule has 0 spiro atoms. The van der Waals surface area contributed by atoms with Gasteiger partial charge in [0.25, 0.3) is 5.91 Å². The van der Waals surface area contributed by atoms with Crippen molar-refractivity contribution in [3.8, 4) is 5.75 Å². The number of carbonyl (C=O) groups is 1. The lowest BCUT2D eigenvalue weighted by molar-refractivity contribution is -0.123. The lowest BCUT2D eigenvalue weighted by Gasteiger charge is -2.09. The molecule has 3 aromatic carbocycles. The molecule has 126 valence electrons. The molecule has 0 aliphatic rings. The van der Waals surface area contributed by atoms with E-state index in [-0.39, 0.29) is 12.5 Å². The Kier molecular flexibility index (Phi) is 5.68. The second-order valence-electron chi connectivity index (χ2n) is 5.20. The van der Waals surface area contributed by atoms with Gasteiger partial charge in [0.05, 0.1) is 10.7 Å². The molecule has 0 atom stereocenters. The lowest BCUT2D eigenvalue weighted by atomic mass is 10.1. The van der Waals surface area contributed by atoms with Gasteiger partial charge in [-0.1, -0.05) is 60.1 Å². The van der Waals surface area contributed by atoms with Crippen LogP contribution >= 0.6 is 27.5 Å². The van der Waals surface area contributed by atoms with Crippen LogP contribution in [0.3, 0.4) is 0 Å². The summed E-state index contributed by atoms with van der Waals surface area (Å²) in [7, 11) is 0. The number of halogens is 2. The quantitative estimate of drug-likeness (QED) is 0.479. The summed E-state index contributed by atoms with van der Waals surface area (Å²) in [6.07, 6.45) is 1.49. The van der Waals surface area contributed by atoms with E-state index in [0.717, 1.165) is 20.8 Å². The average molecular weight is 418 g/mol. The smallest absolute Gasteiger partial charge is 0.277 e. The molecule has 3 aromatic rings. The number of nitrogens with one attached hydrogen (secondary N) is 1. The van der Waals surface area contributed by atoms with E-state index in [9.17, 15) is 4.79 Å². The largest absolute Gasteiger partial charge is 0.483 e. The molecule has 0 aromatic heterocycles. The van der Waals surface area contributed by atoms with Crippen LogP contribution in [0.2, 0.25) is 5.02 Å². The Hall–Kier alpha value is -2.37. The van der Waals surface area contributed by atoms with E-state index in [1.165, 1.54) is 6.21 Å². The number of nitrogens with zero attached hydrogens (tertiary/aromatic N) is 1. The van der Waals surface area contributed by atoms with Gasteiger partial charge in [0, 0.05) is 10.6 Å². The van der Waals surface area contributed by atoms with Crippen LogP contribution in [0.4, 0.5) is 0 Å². The molecule has 1 N–H and O–H groups in total. The Labute approximate surface area is 158 Å². The first kappa shape index (κ1) is 17.5. The lowest BCUT2D eigenvalue weighted by Crippen LogP contribution is -2.24. The standard InChI is InChI=1S/C19H14BrClN2O2/c20-19-15-7-3-1-5-13(15)9-10-17(19)25-12-18(24)23-22-11-14-6-2-4-8-16(14)21/h1-11H,12H2,(H,23,24). The van der Waals surface area contributed by atoms with Crippen molar-refractivity contribution < 1.29 is 9.53 Å². The Bertz CT molecular complexity index is 944. The molecule has 0 radical (unpaired) electrons. The molecular formula is C19H14BrClN2O2. The fourth-order valence-electron chi connectivity index (χ4n) is 2.25. The number of amides is 1. The van der Waals surface area contributed by atoms with Gasteiger partial charge in [0.15, 0.2) is 6.61 Å². The first-order chi connectivity index (χ1) is 12.1. The van der Waals surface area contributed by atoms with Crippen molar-refractivity contribution in [1.29, 1.82) is 0 Å². The maximum absolute atomic E-state index is 11.9. The summed E-state index contributed by atoms with van der Waals surface area (Å²) >= 11 is 9.53. The number of hydrogen-bond donors (Lipinski definition) is 1. The van der Waals surface area contributed by atoms with Gasteiger partial charge in [-0.05, 0) is 38.8 Å². The van der Waals surface area contributed by atoms with E-state index in [1.807, 2.05) is 48.5 Å². The molecule has 6 heteroatoms. The van der Waals surface area contributed by atoms with Gasteiger partial charge in [0.1, 0.15) is 5.75 Å². The summed E-state index contributed by atoms with van der Waals surface area (Å²) in [6, 6.07) is 18.9. The van der Waals surface area contributed by atoms with Gasteiger partial charge in [-0.25, -0.2) is 5.43 Å². The maximum Gasteiger partial charge on any atom is 0.277 e. The van der Waals surface area contributed by atoms with Crippen LogP contribution < -0.4 is 10.2 Å². The highest BCUT2D eigenvalue weighted by molar-refractivity contribution is 9.10. The zero-order valence-electron chi connectivity index (χ0n) is 13.1. The summed E-state index contributed by atoms with van der Waals surface area (Å²) in [5.74, 6) is 0.243. The Morgan fingerprint density at radius 3 is 2.72 bits per heavy atom. The molecule has 0 aliphatic carbocycles. The van der Waals surface area contributed by atoms with Crippen LogP contribution in [0.15, 0.2) is 70.2 Å². The Morgan fingerprint density at radius 2 is 1.88 bits per heavy atom. The normalized spacial score (nSPS) is 11.0. The average Bonchev–Trinajstić information content (AvgIpc) is 2.63. The molecular weight excluding hydrogens is 404 g/mol. The van der Waals surface area contributed by atoms with E-state index >= 15 is 0 Å². The molecule has 0 unspecified atom stereocenters. The first-order valence-electron chi connectivity index (χ1n) is 7.51. The van der Waals surface area contributed by atoms with Gasteiger partial charge in [-0.15, -0.1) is 0 Å². The molecule has 4 nitrogen and oxygen atoms in total. The Balaban J connectivity index is 1.59. The maximum atomic E-state index is 11.9. The minimum absolute atomic E-state index is 0.142. The van der Waals surface area contributed by atoms with Gasteiger partial charge < -0.3 is 4.74 Å². The van der Waals surface area contributed by atoms with Crippen molar-refractivity contribution in [3.05, 3.63) is 75.7 Å². The van der Waals surface area contributed by atoms with E-state index < -0.39 is 0 Å². The number of rotatable bonds is 5. The van der Waals surface area contributed by atoms with E-state index in [0.29, 0.717) is 10.8 Å². The van der Waals surface area contributed by atoms with Crippen LogP contribution in [0.1, 0.15) is 5.56 Å².